The van der Waals surface area contributed by atoms with Crippen LogP contribution in [0.25, 0.3) is 0 Å². The first-order chi connectivity index (χ1) is 9.15. The second-order valence-corrected chi connectivity index (χ2v) is 4.94. The van der Waals surface area contributed by atoms with Gasteiger partial charge in [-0.2, -0.15) is 0 Å². The quantitative estimate of drug-likeness (QED) is 0.865. The molecule has 0 unspecified atom stereocenters. The molecule has 0 aliphatic rings. The third-order valence-corrected chi connectivity index (χ3v) is 3.05. The predicted octanol–water partition coefficient (Wildman–Crippen LogP) is 4.18. The van der Waals surface area contributed by atoms with Crippen LogP contribution >= 0.6 is 0 Å². The van der Waals surface area contributed by atoms with E-state index in [9.17, 15) is 0 Å². The van der Waals surface area contributed by atoms with Crippen molar-refractivity contribution in [1.82, 2.24) is 0 Å². The van der Waals surface area contributed by atoms with Gasteiger partial charge in [0.1, 0.15) is 11.9 Å². The van der Waals surface area contributed by atoms with Crippen molar-refractivity contribution in [3.63, 3.8) is 0 Å². The molecule has 1 N–H and O–H groups in total. The van der Waals surface area contributed by atoms with Gasteiger partial charge in [-0.1, -0.05) is 30.3 Å². The average molecular weight is 255 g/mol. The standard InChI is InChI=1S/C17H21NO/c1-13-9-10-14(2)17(11-13)18-12-15(3)19-16-7-5-4-6-8-16/h4-11,15,18H,12H2,1-3H3/t15-/m0/s1. The molecular weight excluding hydrogens is 234 g/mol. The van der Waals surface area contributed by atoms with Gasteiger partial charge in [0.25, 0.3) is 0 Å². The molecule has 0 aliphatic carbocycles. The first kappa shape index (κ1) is 13.5. The Morgan fingerprint density at radius 3 is 2.53 bits per heavy atom. The zero-order valence-corrected chi connectivity index (χ0v) is 11.8. The van der Waals surface area contributed by atoms with Gasteiger partial charge >= 0.3 is 0 Å². The molecule has 2 aromatic rings. The maximum atomic E-state index is 5.84. The van der Waals surface area contributed by atoms with Crippen LogP contribution in [0.5, 0.6) is 5.75 Å². The number of aryl methyl sites for hydroxylation is 2. The molecular formula is C17H21NO. The molecule has 0 bridgehead atoms. The van der Waals surface area contributed by atoms with E-state index in [0.29, 0.717) is 0 Å². The number of hydrogen-bond donors (Lipinski definition) is 1. The Morgan fingerprint density at radius 2 is 1.79 bits per heavy atom. The maximum Gasteiger partial charge on any atom is 0.119 e. The van der Waals surface area contributed by atoms with Crippen molar-refractivity contribution in [2.24, 2.45) is 0 Å². The first-order valence-corrected chi connectivity index (χ1v) is 6.68. The fourth-order valence-electron chi connectivity index (χ4n) is 1.95. The Hall–Kier alpha value is -1.96. The summed E-state index contributed by atoms with van der Waals surface area (Å²) in [5.41, 5.74) is 3.71. The fourth-order valence-corrected chi connectivity index (χ4v) is 1.95. The Balaban J connectivity index is 1.90. The highest BCUT2D eigenvalue weighted by Gasteiger charge is 2.05. The van der Waals surface area contributed by atoms with E-state index in [1.165, 1.54) is 16.8 Å². The van der Waals surface area contributed by atoms with Crippen molar-refractivity contribution in [2.45, 2.75) is 26.9 Å². The minimum atomic E-state index is 0.127. The molecule has 2 nitrogen and oxygen atoms in total. The van der Waals surface area contributed by atoms with E-state index in [4.69, 9.17) is 4.74 Å². The highest BCUT2D eigenvalue weighted by Crippen LogP contribution is 2.17. The number of ether oxygens (including phenoxy) is 1. The average Bonchev–Trinajstić information content (AvgIpc) is 2.41. The van der Waals surface area contributed by atoms with Gasteiger partial charge in [-0.15, -0.1) is 0 Å². The topological polar surface area (TPSA) is 21.3 Å². The van der Waals surface area contributed by atoms with E-state index in [-0.39, 0.29) is 6.10 Å². The largest absolute Gasteiger partial charge is 0.489 e. The molecule has 0 amide bonds. The molecule has 0 saturated carbocycles. The van der Waals surface area contributed by atoms with Crippen molar-refractivity contribution >= 4 is 5.69 Å². The SMILES string of the molecule is Cc1ccc(C)c(NC[C@H](C)Oc2ccccc2)c1. The molecule has 0 spiro atoms. The highest BCUT2D eigenvalue weighted by atomic mass is 16.5. The van der Waals surface area contributed by atoms with Crippen LogP contribution in [0.2, 0.25) is 0 Å². The van der Waals surface area contributed by atoms with E-state index in [1.807, 2.05) is 30.3 Å². The fraction of sp³-hybridized carbons (Fsp3) is 0.294. The van der Waals surface area contributed by atoms with Gasteiger partial charge in [-0.3, -0.25) is 0 Å². The Labute approximate surface area is 115 Å². The van der Waals surface area contributed by atoms with Crippen molar-refractivity contribution in [3.05, 3.63) is 59.7 Å². The van der Waals surface area contributed by atoms with Crippen LogP contribution < -0.4 is 10.1 Å². The van der Waals surface area contributed by atoms with Crippen molar-refractivity contribution in [2.75, 3.05) is 11.9 Å². The molecule has 0 radical (unpaired) electrons. The molecule has 0 saturated heterocycles. The molecule has 0 aliphatic heterocycles. The van der Waals surface area contributed by atoms with E-state index in [1.54, 1.807) is 0 Å². The van der Waals surface area contributed by atoms with E-state index < -0.39 is 0 Å². The molecule has 0 fully saturated rings. The van der Waals surface area contributed by atoms with Crippen molar-refractivity contribution in [1.29, 1.82) is 0 Å². The third kappa shape index (κ3) is 4.02. The third-order valence-electron chi connectivity index (χ3n) is 3.05. The number of rotatable bonds is 5. The molecule has 100 valence electrons. The Bertz CT molecular complexity index is 522. The molecule has 2 aromatic carbocycles. The van der Waals surface area contributed by atoms with Crippen LogP contribution in [-0.2, 0) is 0 Å². The molecule has 2 rings (SSSR count). The highest BCUT2D eigenvalue weighted by molar-refractivity contribution is 5.52. The normalized spacial score (nSPS) is 11.9. The lowest BCUT2D eigenvalue weighted by Crippen LogP contribution is -2.23. The Kier molecular flexibility index (Phi) is 4.45. The van der Waals surface area contributed by atoms with Gasteiger partial charge in [-0.05, 0) is 50.1 Å². The first-order valence-electron chi connectivity index (χ1n) is 6.68. The summed E-state index contributed by atoms with van der Waals surface area (Å²) < 4.78 is 5.84. The van der Waals surface area contributed by atoms with Crippen molar-refractivity contribution < 1.29 is 4.74 Å². The van der Waals surface area contributed by atoms with Gasteiger partial charge < -0.3 is 10.1 Å². The van der Waals surface area contributed by atoms with Crippen molar-refractivity contribution in [3.8, 4) is 5.75 Å². The van der Waals surface area contributed by atoms with E-state index in [2.05, 4.69) is 44.3 Å². The zero-order chi connectivity index (χ0) is 13.7. The summed E-state index contributed by atoms with van der Waals surface area (Å²) in [4.78, 5) is 0. The summed E-state index contributed by atoms with van der Waals surface area (Å²) in [5.74, 6) is 0.915. The molecule has 0 aromatic heterocycles. The lowest BCUT2D eigenvalue weighted by molar-refractivity contribution is 0.235. The van der Waals surface area contributed by atoms with Gasteiger partial charge in [0.05, 0.1) is 6.54 Å². The predicted molar refractivity (Wildman–Crippen MR) is 80.9 cm³/mol. The summed E-state index contributed by atoms with van der Waals surface area (Å²) in [5, 5.41) is 3.45. The number of anilines is 1. The minimum absolute atomic E-state index is 0.127. The second-order valence-electron chi connectivity index (χ2n) is 4.94. The number of benzene rings is 2. The lowest BCUT2D eigenvalue weighted by Gasteiger charge is -2.17. The monoisotopic (exact) mass is 255 g/mol. The van der Waals surface area contributed by atoms with Gasteiger partial charge in [0, 0.05) is 5.69 Å². The van der Waals surface area contributed by atoms with Gasteiger partial charge in [0.2, 0.25) is 0 Å². The summed E-state index contributed by atoms with van der Waals surface area (Å²) in [6.07, 6.45) is 0.127. The summed E-state index contributed by atoms with van der Waals surface area (Å²) in [6, 6.07) is 16.4. The van der Waals surface area contributed by atoms with Gasteiger partial charge in [-0.25, -0.2) is 0 Å². The molecule has 1 atom stereocenters. The van der Waals surface area contributed by atoms with Crippen LogP contribution in [0.4, 0.5) is 5.69 Å². The second kappa shape index (κ2) is 6.28. The van der Waals surface area contributed by atoms with Crippen LogP contribution in [0.1, 0.15) is 18.1 Å². The number of hydrogen-bond acceptors (Lipinski definition) is 2. The van der Waals surface area contributed by atoms with Crippen LogP contribution in [0, 0.1) is 13.8 Å². The molecule has 19 heavy (non-hydrogen) atoms. The van der Waals surface area contributed by atoms with Crippen LogP contribution in [0.15, 0.2) is 48.5 Å². The lowest BCUT2D eigenvalue weighted by atomic mass is 10.1. The maximum absolute atomic E-state index is 5.84. The smallest absolute Gasteiger partial charge is 0.119 e. The Morgan fingerprint density at radius 1 is 1.05 bits per heavy atom. The van der Waals surface area contributed by atoms with Crippen LogP contribution in [0.3, 0.4) is 0 Å². The van der Waals surface area contributed by atoms with E-state index >= 15 is 0 Å². The van der Waals surface area contributed by atoms with E-state index in [0.717, 1.165) is 12.3 Å². The number of nitrogens with one attached hydrogen (secondary N) is 1. The molecule has 2 heteroatoms. The minimum Gasteiger partial charge on any atom is -0.489 e. The van der Waals surface area contributed by atoms with Crippen LogP contribution in [-0.4, -0.2) is 12.6 Å². The van der Waals surface area contributed by atoms with Gasteiger partial charge in [0.15, 0.2) is 0 Å². The zero-order valence-electron chi connectivity index (χ0n) is 11.8. The molecule has 0 heterocycles. The summed E-state index contributed by atoms with van der Waals surface area (Å²) in [6.45, 7) is 7.09. The summed E-state index contributed by atoms with van der Waals surface area (Å²) in [7, 11) is 0. The number of para-hydroxylation sites is 1. The summed E-state index contributed by atoms with van der Waals surface area (Å²) >= 11 is 0.